The Morgan fingerprint density at radius 3 is 2.84 bits per heavy atom. The van der Waals surface area contributed by atoms with Gasteiger partial charge in [0.25, 0.3) is 5.91 Å². The first-order chi connectivity index (χ1) is 9.24. The monoisotopic (exact) mass is 258 g/mol. The average molecular weight is 258 g/mol. The Bertz CT molecular complexity index is 525. The van der Waals surface area contributed by atoms with E-state index < -0.39 is 0 Å². The first kappa shape index (κ1) is 12.2. The number of aryl methyl sites for hydroxylation is 2. The van der Waals surface area contributed by atoms with E-state index >= 15 is 0 Å². The van der Waals surface area contributed by atoms with Gasteiger partial charge in [-0.1, -0.05) is 6.07 Å². The number of hydrogen-bond acceptors (Lipinski definition) is 2. The summed E-state index contributed by atoms with van der Waals surface area (Å²) in [6.07, 6.45) is 3.80. The zero-order chi connectivity index (χ0) is 13.2. The molecule has 1 heterocycles. The molecule has 0 unspecified atom stereocenters. The van der Waals surface area contributed by atoms with Crippen LogP contribution in [0.3, 0.4) is 0 Å². The van der Waals surface area contributed by atoms with Gasteiger partial charge in [-0.3, -0.25) is 9.59 Å². The van der Waals surface area contributed by atoms with Crippen molar-refractivity contribution in [1.29, 1.82) is 0 Å². The van der Waals surface area contributed by atoms with Crippen LogP contribution in [0.2, 0.25) is 0 Å². The third-order valence-electron chi connectivity index (χ3n) is 3.95. The largest absolute Gasteiger partial charge is 0.354 e. The lowest BCUT2D eigenvalue weighted by molar-refractivity contribution is -0.120. The highest BCUT2D eigenvalue weighted by atomic mass is 16.2. The van der Waals surface area contributed by atoms with E-state index in [0.29, 0.717) is 26.1 Å². The molecule has 0 bridgehead atoms. The van der Waals surface area contributed by atoms with E-state index in [1.807, 2.05) is 12.1 Å². The van der Waals surface area contributed by atoms with Crippen molar-refractivity contribution in [2.75, 3.05) is 19.6 Å². The van der Waals surface area contributed by atoms with Crippen LogP contribution >= 0.6 is 0 Å². The maximum Gasteiger partial charge on any atom is 0.253 e. The summed E-state index contributed by atoms with van der Waals surface area (Å²) < 4.78 is 0. The molecule has 0 atom stereocenters. The Labute approximate surface area is 112 Å². The lowest BCUT2D eigenvalue weighted by Gasteiger charge is -2.19. The third-order valence-corrected chi connectivity index (χ3v) is 3.95. The molecule has 3 rings (SSSR count). The summed E-state index contributed by atoms with van der Waals surface area (Å²) in [4.78, 5) is 25.5. The quantitative estimate of drug-likeness (QED) is 0.821. The van der Waals surface area contributed by atoms with Gasteiger partial charge in [0.15, 0.2) is 0 Å². The van der Waals surface area contributed by atoms with Crippen molar-refractivity contribution in [3.63, 3.8) is 0 Å². The molecule has 1 N–H and O–H groups in total. The molecular weight excluding hydrogens is 240 g/mol. The van der Waals surface area contributed by atoms with E-state index in [0.717, 1.165) is 18.4 Å². The molecule has 0 aromatic heterocycles. The molecule has 19 heavy (non-hydrogen) atoms. The van der Waals surface area contributed by atoms with Gasteiger partial charge in [0.1, 0.15) is 0 Å². The summed E-state index contributed by atoms with van der Waals surface area (Å²) >= 11 is 0. The minimum Gasteiger partial charge on any atom is -0.354 e. The number of carbonyl (C=O) groups excluding carboxylic acids is 2. The predicted octanol–water partition coefficient (Wildman–Crippen LogP) is 1.14. The molecule has 0 radical (unpaired) electrons. The van der Waals surface area contributed by atoms with Crippen molar-refractivity contribution >= 4 is 11.8 Å². The van der Waals surface area contributed by atoms with Crippen LogP contribution in [0.4, 0.5) is 0 Å². The smallest absolute Gasteiger partial charge is 0.253 e. The van der Waals surface area contributed by atoms with E-state index in [4.69, 9.17) is 0 Å². The van der Waals surface area contributed by atoms with Crippen LogP contribution in [0.25, 0.3) is 0 Å². The summed E-state index contributed by atoms with van der Waals surface area (Å²) in [6.45, 7) is 1.67. The Balaban J connectivity index is 1.77. The molecule has 4 heteroatoms. The highest BCUT2D eigenvalue weighted by Crippen LogP contribution is 2.23. The second-order valence-electron chi connectivity index (χ2n) is 5.23. The Hall–Kier alpha value is -1.84. The van der Waals surface area contributed by atoms with Crippen molar-refractivity contribution in [3.8, 4) is 0 Å². The molecular formula is C15H18N2O2. The van der Waals surface area contributed by atoms with Gasteiger partial charge in [-0.05, 0) is 42.5 Å². The number of fused-ring (bicyclic) bond motifs is 1. The fraction of sp³-hybridized carbons (Fsp3) is 0.467. The van der Waals surface area contributed by atoms with Crippen LogP contribution in [-0.2, 0) is 17.6 Å². The van der Waals surface area contributed by atoms with Gasteiger partial charge in [0.2, 0.25) is 5.91 Å². The van der Waals surface area contributed by atoms with E-state index in [1.54, 1.807) is 4.90 Å². The lowest BCUT2D eigenvalue weighted by Crippen LogP contribution is -2.34. The van der Waals surface area contributed by atoms with Crippen LogP contribution in [0.1, 0.15) is 34.3 Å². The Morgan fingerprint density at radius 2 is 1.95 bits per heavy atom. The van der Waals surface area contributed by atoms with Gasteiger partial charge in [0.05, 0.1) is 0 Å². The first-order valence-electron chi connectivity index (χ1n) is 6.92. The average Bonchev–Trinajstić information content (AvgIpc) is 2.78. The minimum absolute atomic E-state index is 0.0317. The minimum atomic E-state index is 0.0317. The van der Waals surface area contributed by atoms with E-state index in [9.17, 15) is 9.59 Å². The van der Waals surface area contributed by atoms with E-state index in [1.165, 1.54) is 17.5 Å². The second-order valence-corrected chi connectivity index (χ2v) is 5.23. The van der Waals surface area contributed by atoms with Gasteiger partial charge in [-0.15, -0.1) is 0 Å². The fourth-order valence-corrected chi connectivity index (χ4v) is 2.86. The molecule has 1 aromatic carbocycles. The third kappa shape index (κ3) is 2.48. The van der Waals surface area contributed by atoms with Crippen LogP contribution in [-0.4, -0.2) is 36.3 Å². The van der Waals surface area contributed by atoms with E-state index in [-0.39, 0.29) is 11.8 Å². The maximum atomic E-state index is 12.4. The van der Waals surface area contributed by atoms with Crippen LogP contribution in [0.15, 0.2) is 18.2 Å². The molecule has 1 fully saturated rings. The molecule has 0 saturated carbocycles. The topological polar surface area (TPSA) is 49.4 Å². The lowest BCUT2D eigenvalue weighted by atomic mass is 10.1. The molecule has 1 aliphatic carbocycles. The molecule has 1 saturated heterocycles. The van der Waals surface area contributed by atoms with Gasteiger partial charge in [-0.2, -0.15) is 0 Å². The standard InChI is InChI=1S/C15H18N2O2/c18-14-6-8-17(9-7-16-14)15(19)13-5-4-11-2-1-3-12(11)10-13/h4-5,10H,1-3,6-9H2,(H,16,18). The van der Waals surface area contributed by atoms with Gasteiger partial charge < -0.3 is 10.2 Å². The number of nitrogens with zero attached hydrogens (tertiary/aromatic N) is 1. The van der Waals surface area contributed by atoms with Crippen LogP contribution in [0.5, 0.6) is 0 Å². The highest BCUT2D eigenvalue weighted by molar-refractivity contribution is 5.95. The van der Waals surface area contributed by atoms with Crippen LogP contribution < -0.4 is 5.32 Å². The summed E-state index contributed by atoms with van der Waals surface area (Å²) in [5, 5.41) is 2.79. The van der Waals surface area contributed by atoms with E-state index in [2.05, 4.69) is 11.4 Å². The second kappa shape index (κ2) is 5.03. The Morgan fingerprint density at radius 1 is 1.11 bits per heavy atom. The summed E-state index contributed by atoms with van der Waals surface area (Å²) in [6, 6.07) is 6.04. The molecule has 4 nitrogen and oxygen atoms in total. The zero-order valence-corrected chi connectivity index (χ0v) is 10.9. The summed E-state index contributed by atoms with van der Waals surface area (Å²) in [5.74, 6) is 0.0791. The van der Waals surface area contributed by atoms with Gasteiger partial charge in [-0.25, -0.2) is 0 Å². The summed E-state index contributed by atoms with van der Waals surface area (Å²) in [7, 11) is 0. The molecule has 0 spiro atoms. The van der Waals surface area contributed by atoms with Gasteiger partial charge in [0, 0.05) is 31.6 Å². The fourth-order valence-electron chi connectivity index (χ4n) is 2.86. The molecule has 1 aliphatic heterocycles. The normalized spacial score (nSPS) is 18.7. The number of benzene rings is 1. The molecule has 1 aromatic rings. The van der Waals surface area contributed by atoms with Crippen molar-refractivity contribution in [2.45, 2.75) is 25.7 Å². The number of nitrogens with one attached hydrogen (secondary N) is 1. The summed E-state index contributed by atoms with van der Waals surface area (Å²) in [5.41, 5.74) is 3.45. The molecule has 100 valence electrons. The number of amides is 2. The Kier molecular flexibility index (Phi) is 3.23. The predicted molar refractivity (Wildman–Crippen MR) is 72.0 cm³/mol. The SMILES string of the molecule is O=C1CCN(C(=O)c2ccc3c(c2)CCC3)CCN1. The highest BCUT2D eigenvalue weighted by Gasteiger charge is 2.21. The maximum absolute atomic E-state index is 12.4. The number of carbonyl (C=O) groups is 2. The number of rotatable bonds is 1. The molecule has 2 aliphatic rings. The van der Waals surface area contributed by atoms with Crippen LogP contribution in [0, 0.1) is 0 Å². The van der Waals surface area contributed by atoms with Crippen molar-refractivity contribution in [2.24, 2.45) is 0 Å². The first-order valence-corrected chi connectivity index (χ1v) is 6.92. The van der Waals surface area contributed by atoms with Gasteiger partial charge >= 0.3 is 0 Å². The molecule has 2 amide bonds. The van der Waals surface area contributed by atoms with Crippen molar-refractivity contribution in [3.05, 3.63) is 34.9 Å². The zero-order valence-electron chi connectivity index (χ0n) is 10.9. The number of hydrogen-bond donors (Lipinski definition) is 1. The van der Waals surface area contributed by atoms with Crippen molar-refractivity contribution in [1.82, 2.24) is 10.2 Å². The van der Waals surface area contributed by atoms with Crippen molar-refractivity contribution < 1.29 is 9.59 Å².